The van der Waals surface area contributed by atoms with Crippen molar-refractivity contribution in [3.63, 3.8) is 0 Å². The molecule has 2 aromatic heterocycles. The molecule has 2 aromatic rings. The first-order valence-electron chi connectivity index (χ1n) is 6.55. The molecule has 1 saturated heterocycles. The first-order chi connectivity index (χ1) is 9.33. The van der Waals surface area contributed by atoms with Crippen molar-refractivity contribution in [2.45, 2.75) is 12.8 Å². The third kappa shape index (κ3) is 3.04. The number of nitrogens with zero attached hydrogens (tertiary/aromatic N) is 2. The van der Waals surface area contributed by atoms with E-state index in [1.54, 1.807) is 6.20 Å². The van der Waals surface area contributed by atoms with Crippen LogP contribution in [0.5, 0.6) is 0 Å². The average Bonchev–Trinajstić information content (AvgIpc) is 2.92. The van der Waals surface area contributed by atoms with Crippen molar-refractivity contribution in [1.29, 1.82) is 0 Å². The molecule has 5 heteroatoms. The third-order valence-electron chi connectivity index (χ3n) is 3.44. The summed E-state index contributed by atoms with van der Waals surface area (Å²) in [6, 6.07) is 3.96. The summed E-state index contributed by atoms with van der Waals surface area (Å²) in [5.41, 5.74) is 2.88. The number of nitrogens with one attached hydrogen (secondary N) is 1. The van der Waals surface area contributed by atoms with Crippen LogP contribution in [-0.4, -0.2) is 29.7 Å². The highest BCUT2D eigenvalue weighted by molar-refractivity contribution is 9.10. The summed E-state index contributed by atoms with van der Waals surface area (Å²) in [7, 11) is 0. The van der Waals surface area contributed by atoms with Crippen LogP contribution in [-0.2, 0) is 4.74 Å². The first-order valence-corrected chi connectivity index (χ1v) is 7.34. The van der Waals surface area contributed by atoms with Crippen LogP contribution in [0.15, 0.2) is 29.0 Å². The standard InChI is InChI=1S/C14H16BrN3O/c15-11-7-13-14(18-8-11)12(2-5-17-13)16-4-1-10-3-6-19-9-10/h2,5,7-8,10H,1,3-4,6,9H2,(H,16,17). The Morgan fingerprint density at radius 1 is 1.42 bits per heavy atom. The zero-order valence-electron chi connectivity index (χ0n) is 10.6. The molecule has 0 bridgehead atoms. The molecule has 100 valence electrons. The molecule has 0 aliphatic carbocycles. The molecular weight excluding hydrogens is 306 g/mol. The molecule has 1 atom stereocenters. The van der Waals surface area contributed by atoms with Crippen molar-refractivity contribution in [2.75, 3.05) is 25.1 Å². The van der Waals surface area contributed by atoms with Crippen molar-refractivity contribution in [2.24, 2.45) is 5.92 Å². The first kappa shape index (κ1) is 12.8. The van der Waals surface area contributed by atoms with Gasteiger partial charge < -0.3 is 10.1 Å². The van der Waals surface area contributed by atoms with E-state index in [-0.39, 0.29) is 0 Å². The molecular formula is C14H16BrN3O. The van der Waals surface area contributed by atoms with Crippen LogP contribution in [0.4, 0.5) is 5.69 Å². The van der Waals surface area contributed by atoms with Crippen LogP contribution in [0.1, 0.15) is 12.8 Å². The van der Waals surface area contributed by atoms with E-state index in [1.807, 2.05) is 18.3 Å². The van der Waals surface area contributed by atoms with Crippen molar-refractivity contribution in [3.05, 3.63) is 29.0 Å². The van der Waals surface area contributed by atoms with Crippen LogP contribution in [0, 0.1) is 5.92 Å². The zero-order chi connectivity index (χ0) is 13.1. The van der Waals surface area contributed by atoms with Crippen LogP contribution < -0.4 is 5.32 Å². The minimum Gasteiger partial charge on any atom is -0.383 e. The molecule has 1 aliphatic heterocycles. The van der Waals surface area contributed by atoms with Crippen LogP contribution in [0.3, 0.4) is 0 Å². The van der Waals surface area contributed by atoms with Gasteiger partial charge in [0.1, 0.15) is 5.52 Å². The van der Waals surface area contributed by atoms with Gasteiger partial charge in [0, 0.05) is 36.6 Å². The molecule has 3 heterocycles. The third-order valence-corrected chi connectivity index (χ3v) is 3.87. The fraction of sp³-hybridized carbons (Fsp3) is 0.429. The second-order valence-corrected chi connectivity index (χ2v) is 5.74. The Hall–Kier alpha value is -1.20. The number of ether oxygens (including phenoxy) is 1. The molecule has 19 heavy (non-hydrogen) atoms. The molecule has 0 radical (unpaired) electrons. The van der Waals surface area contributed by atoms with Crippen LogP contribution in [0.2, 0.25) is 0 Å². The highest BCUT2D eigenvalue weighted by atomic mass is 79.9. The molecule has 0 amide bonds. The molecule has 4 nitrogen and oxygen atoms in total. The lowest BCUT2D eigenvalue weighted by Gasteiger charge is -2.11. The van der Waals surface area contributed by atoms with Crippen molar-refractivity contribution >= 4 is 32.7 Å². The molecule has 1 fully saturated rings. The molecule has 3 rings (SSSR count). The van der Waals surface area contributed by atoms with Gasteiger partial charge in [0.2, 0.25) is 0 Å². The lowest BCUT2D eigenvalue weighted by molar-refractivity contribution is 0.185. The Balaban J connectivity index is 1.70. The SMILES string of the molecule is Brc1cnc2c(NCCC3CCOC3)ccnc2c1. The van der Waals surface area contributed by atoms with E-state index < -0.39 is 0 Å². The van der Waals surface area contributed by atoms with E-state index in [2.05, 4.69) is 31.2 Å². The topological polar surface area (TPSA) is 47.0 Å². The summed E-state index contributed by atoms with van der Waals surface area (Å²) in [6.45, 7) is 2.77. The monoisotopic (exact) mass is 321 g/mol. The summed E-state index contributed by atoms with van der Waals surface area (Å²) in [4.78, 5) is 8.77. The van der Waals surface area contributed by atoms with Gasteiger partial charge in [-0.1, -0.05) is 0 Å². The lowest BCUT2D eigenvalue weighted by atomic mass is 10.1. The number of anilines is 1. The van der Waals surface area contributed by atoms with Gasteiger partial charge in [-0.2, -0.15) is 0 Å². The Morgan fingerprint density at radius 3 is 3.21 bits per heavy atom. The quantitative estimate of drug-likeness (QED) is 0.939. The number of hydrogen-bond donors (Lipinski definition) is 1. The van der Waals surface area contributed by atoms with E-state index in [0.717, 1.165) is 47.4 Å². The second-order valence-electron chi connectivity index (χ2n) is 4.82. The fourth-order valence-electron chi connectivity index (χ4n) is 2.37. The number of fused-ring (bicyclic) bond motifs is 1. The number of hydrogen-bond acceptors (Lipinski definition) is 4. The summed E-state index contributed by atoms with van der Waals surface area (Å²) in [6.07, 6.45) is 5.95. The highest BCUT2D eigenvalue weighted by Crippen LogP contribution is 2.23. The predicted molar refractivity (Wildman–Crippen MR) is 79.3 cm³/mol. The Morgan fingerprint density at radius 2 is 2.37 bits per heavy atom. The van der Waals surface area contributed by atoms with Gasteiger partial charge in [-0.15, -0.1) is 0 Å². The summed E-state index contributed by atoms with van der Waals surface area (Å²) < 4.78 is 6.34. The van der Waals surface area contributed by atoms with Gasteiger partial charge in [0.15, 0.2) is 0 Å². The van der Waals surface area contributed by atoms with Gasteiger partial charge in [-0.05, 0) is 46.8 Å². The molecule has 1 N–H and O–H groups in total. The minimum absolute atomic E-state index is 0.697. The zero-order valence-corrected chi connectivity index (χ0v) is 12.2. The van der Waals surface area contributed by atoms with E-state index in [1.165, 1.54) is 6.42 Å². The van der Waals surface area contributed by atoms with Crippen LogP contribution in [0.25, 0.3) is 11.0 Å². The predicted octanol–water partition coefficient (Wildman–Crippen LogP) is 3.23. The number of aromatic nitrogens is 2. The summed E-state index contributed by atoms with van der Waals surface area (Å²) in [5, 5.41) is 3.46. The van der Waals surface area contributed by atoms with Gasteiger partial charge in [-0.3, -0.25) is 9.97 Å². The molecule has 1 unspecified atom stereocenters. The Bertz CT molecular complexity index is 570. The molecule has 0 spiro atoms. The van der Waals surface area contributed by atoms with Crippen molar-refractivity contribution < 1.29 is 4.74 Å². The van der Waals surface area contributed by atoms with Gasteiger partial charge in [-0.25, -0.2) is 0 Å². The minimum atomic E-state index is 0.697. The molecule has 1 aliphatic rings. The fourth-order valence-corrected chi connectivity index (χ4v) is 2.69. The van der Waals surface area contributed by atoms with E-state index in [4.69, 9.17) is 4.74 Å². The second kappa shape index (κ2) is 5.84. The number of halogens is 1. The lowest BCUT2D eigenvalue weighted by Crippen LogP contribution is -2.09. The average molecular weight is 322 g/mol. The highest BCUT2D eigenvalue weighted by Gasteiger charge is 2.15. The maximum atomic E-state index is 5.39. The van der Waals surface area contributed by atoms with Gasteiger partial charge in [0.05, 0.1) is 11.2 Å². The molecule has 0 aromatic carbocycles. The summed E-state index contributed by atoms with van der Waals surface area (Å²) in [5.74, 6) is 0.697. The normalized spacial score (nSPS) is 18.9. The number of pyridine rings is 2. The largest absolute Gasteiger partial charge is 0.383 e. The van der Waals surface area contributed by atoms with Crippen LogP contribution >= 0.6 is 15.9 Å². The van der Waals surface area contributed by atoms with E-state index in [0.29, 0.717) is 5.92 Å². The van der Waals surface area contributed by atoms with Crippen molar-refractivity contribution in [3.8, 4) is 0 Å². The maximum Gasteiger partial charge on any atom is 0.112 e. The van der Waals surface area contributed by atoms with Gasteiger partial charge in [0.25, 0.3) is 0 Å². The Labute approximate surface area is 120 Å². The molecule has 0 saturated carbocycles. The summed E-state index contributed by atoms with van der Waals surface area (Å²) >= 11 is 3.42. The van der Waals surface area contributed by atoms with E-state index in [9.17, 15) is 0 Å². The van der Waals surface area contributed by atoms with E-state index >= 15 is 0 Å². The maximum absolute atomic E-state index is 5.39. The smallest absolute Gasteiger partial charge is 0.112 e. The number of rotatable bonds is 4. The van der Waals surface area contributed by atoms with Gasteiger partial charge >= 0.3 is 0 Å². The van der Waals surface area contributed by atoms with Crippen molar-refractivity contribution in [1.82, 2.24) is 9.97 Å². The Kier molecular flexibility index (Phi) is 3.94.